The van der Waals surface area contributed by atoms with E-state index in [2.05, 4.69) is 30.5 Å². The number of anilines is 2. The van der Waals surface area contributed by atoms with Gasteiger partial charge in [-0.2, -0.15) is 5.10 Å². The Labute approximate surface area is 123 Å². The highest BCUT2D eigenvalue weighted by Gasteiger charge is 2.12. The van der Waals surface area contributed by atoms with Crippen LogP contribution in [0.4, 0.5) is 11.5 Å². The van der Waals surface area contributed by atoms with Crippen molar-refractivity contribution in [1.29, 1.82) is 0 Å². The fraction of sp³-hybridized carbons (Fsp3) is 0. The zero-order valence-corrected chi connectivity index (χ0v) is 11.2. The molecule has 22 heavy (non-hydrogen) atoms. The Morgan fingerprint density at radius 2 is 2.14 bits per heavy atom. The predicted molar refractivity (Wildman–Crippen MR) is 80.2 cm³/mol. The second-order valence-corrected chi connectivity index (χ2v) is 4.77. The molecular weight excluding hydrogens is 284 g/mol. The van der Waals surface area contributed by atoms with Crippen LogP contribution in [0.5, 0.6) is 0 Å². The van der Waals surface area contributed by atoms with Gasteiger partial charge in [-0.3, -0.25) is 5.10 Å². The molecule has 0 saturated heterocycles. The summed E-state index contributed by atoms with van der Waals surface area (Å²) in [5.74, 6) is -0.500. The number of fused-ring (bicyclic) bond motifs is 2. The highest BCUT2D eigenvalue weighted by Crippen LogP contribution is 2.25. The van der Waals surface area contributed by atoms with Crippen LogP contribution in [0.25, 0.3) is 21.9 Å². The van der Waals surface area contributed by atoms with Crippen molar-refractivity contribution in [2.24, 2.45) is 0 Å². The lowest BCUT2D eigenvalue weighted by molar-refractivity contribution is 0.0691. The van der Waals surface area contributed by atoms with E-state index in [-0.39, 0.29) is 5.69 Å². The molecule has 0 bridgehead atoms. The first-order valence-electron chi connectivity index (χ1n) is 6.48. The molecule has 0 atom stereocenters. The summed E-state index contributed by atoms with van der Waals surface area (Å²) in [6.07, 6.45) is 3.11. The number of nitrogens with zero attached hydrogens (tertiary/aromatic N) is 3. The summed E-state index contributed by atoms with van der Waals surface area (Å²) in [5, 5.41) is 20.7. The Kier molecular flexibility index (Phi) is 2.55. The molecule has 4 rings (SSSR count). The standard InChI is InChI=1S/C14H10N6O2/c21-14(22)11-4-9-12(15-6-16-13(9)19-11)18-8-1-2-10-7(3-8)5-17-20-10/h1-6H,(H,17,20)(H,21,22)(H2,15,16,18,19). The minimum absolute atomic E-state index is 0.0730. The van der Waals surface area contributed by atoms with Crippen LogP contribution in [-0.4, -0.2) is 36.2 Å². The molecular formula is C14H10N6O2. The minimum atomic E-state index is -1.04. The van der Waals surface area contributed by atoms with Crippen LogP contribution in [0, 0.1) is 0 Å². The predicted octanol–water partition coefficient (Wildman–Crippen LogP) is 2.28. The van der Waals surface area contributed by atoms with Gasteiger partial charge in [0.1, 0.15) is 23.5 Å². The van der Waals surface area contributed by atoms with Crippen LogP contribution < -0.4 is 5.32 Å². The van der Waals surface area contributed by atoms with Gasteiger partial charge >= 0.3 is 5.97 Å². The lowest BCUT2D eigenvalue weighted by Gasteiger charge is -2.06. The first-order valence-corrected chi connectivity index (χ1v) is 6.48. The number of carboxylic acid groups (broad SMARTS) is 1. The second kappa shape index (κ2) is 4.55. The topological polar surface area (TPSA) is 120 Å². The van der Waals surface area contributed by atoms with Gasteiger partial charge in [0.15, 0.2) is 0 Å². The number of H-pyrrole nitrogens is 2. The number of benzene rings is 1. The lowest BCUT2D eigenvalue weighted by Crippen LogP contribution is -1.95. The number of hydrogen-bond donors (Lipinski definition) is 4. The number of aromatic amines is 2. The number of hydrogen-bond acceptors (Lipinski definition) is 5. The van der Waals surface area contributed by atoms with E-state index >= 15 is 0 Å². The molecule has 4 aromatic rings. The zero-order chi connectivity index (χ0) is 15.1. The fourth-order valence-electron chi connectivity index (χ4n) is 2.31. The molecule has 0 unspecified atom stereocenters. The third kappa shape index (κ3) is 1.94. The van der Waals surface area contributed by atoms with Crippen LogP contribution in [0.15, 0.2) is 36.8 Å². The van der Waals surface area contributed by atoms with Crippen LogP contribution in [0.3, 0.4) is 0 Å². The smallest absolute Gasteiger partial charge is 0.352 e. The molecule has 3 aromatic heterocycles. The Bertz CT molecular complexity index is 1000. The maximum Gasteiger partial charge on any atom is 0.352 e. The van der Waals surface area contributed by atoms with Crippen molar-refractivity contribution in [3.63, 3.8) is 0 Å². The molecule has 4 N–H and O–H groups in total. The quantitative estimate of drug-likeness (QED) is 0.460. The van der Waals surface area contributed by atoms with Crippen molar-refractivity contribution in [1.82, 2.24) is 25.1 Å². The highest BCUT2D eigenvalue weighted by atomic mass is 16.4. The lowest BCUT2D eigenvalue weighted by atomic mass is 10.2. The maximum atomic E-state index is 11.0. The van der Waals surface area contributed by atoms with Crippen molar-refractivity contribution in [3.05, 3.63) is 42.5 Å². The largest absolute Gasteiger partial charge is 0.477 e. The number of carboxylic acids is 1. The SMILES string of the molecule is O=C(O)c1cc2c(Nc3ccc4[nH]ncc4c3)ncnc2[nH]1. The molecule has 0 aliphatic carbocycles. The van der Waals surface area contributed by atoms with E-state index in [1.807, 2.05) is 18.2 Å². The number of aromatic nitrogens is 5. The summed E-state index contributed by atoms with van der Waals surface area (Å²) in [6.45, 7) is 0. The molecule has 0 spiro atoms. The molecule has 8 heteroatoms. The Balaban J connectivity index is 1.78. The third-order valence-corrected chi connectivity index (χ3v) is 3.36. The summed E-state index contributed by atoms with van der Waals surface area (Å²) in [7, 11) is 0. The molecule has 0 aliphatic rings. The van der Waals surface area contributed by atoms with Gasteiger partial charge in [0.25, 0.3) is 0 Å². The molecule has 0 amide bonds. The molecule has 0 saturated carbocycles. The van der Waals surface area contributed by atoms with E-state index in [0.717, 1.165) is 16.6 Å². The van der Waals surface area contributed by atoms with Crippen LogP contribution in [0.1, 0.15) is 10.5 Å². The first kappa shape index (κ1) is 12.3. The molecule has 1 aromatic carbocycles. The Morgan fingerprint density at radius 1 is 1.23 bits per heavy atom. The molecule has 0 aliphatic heterocycles. The maximum absolute atomic E-state index is 11.0. The summed E-state index contributed by atoms with van der Waals surface area (Å²) in [5.41, 5.74) is 2.31. The molecule has 0 radical (unpaired) electrons. The van der Waals surface area contributed by atoms with Crippen LogP contribution in [0.2, 0.25) is 0 Å². The first-order chi connectivity index (χ1) is 10.7. The van der Waals surface area contributed by atoms with E-state index in [4.69, 9.17) is 5.11 Å². The van der Waals surface area contributed by atoms with E-state index in [1.165, 1.54) is 12.4 Å². The number of aromatic carboxylic acids is 1. The van der Waals surface area contributed by atoms with Crippen molar-refractivity contribution >= 4 is 39.4 Å². The fourth-order valence-corrected chi connectivity index (χ4v) is 2.31. The highest BCUT2D eigenvalue weighted by molar-refractivity contribution is 5.97. The molecule has 3 heterocycles. The van der Waals surface area contributed by atoms with Gasteiger partial charge in [0.2, 0.25) is 0 Å². The monoisotopic (exact) mass is 294 g/mol. The van der Waals surface area contributed by atoms with Crippen molar-refractivity contribution in [2.45, 2.75) is 0 Å². The number of nitrogens with one attached hydrogen (secondary N) is 3. The average Bonchev–Trinajstić information content (AvgIpc) is 3.13. The summed E-state index contributed by atoms with van der Waals surface area (Å²) in [4.78, 5) is 22.0. The van der Waals surface area contributed by atoms with Crippen molar-refractivity contribution in [3.8, 4) is 0 Å². The van der Waals surface area contributed by atoms with Crippen molar-refractivity contribution < 1.29 is 9.90 Å². The number of rotatable bonds is 3. The van der Waals surface area contributed by atoms with Crippen molar-refractivity contribution in [2.75, 3.05) is 5.32 Å². The van der Waals surface area contributed by atoms with Gasteiger partial charge in [0.05, 0.1) is 17.1 Å². The van der Waals surface area contributed by atoms with Gasteiger partial charge in [0, 0.05) is 11.1 Å². The molecule has 108 valence electrons. The summed E-state index contributed by atoms with van der Waals surface area (Å²) >= 11 is 0. The van der Waals surface area contributed by atoms with Crippen LogP contribution in [-0.2, 0) is 0 Å². The summed E-state index contributed by atoms with van der Waals surface area (Å²) < 4.78 is 0. The molecule has 8 nitrogen and oxygen atoms in total. The van der Waals surface area contributed by atoms with Gasteiger partial charge < -0.3 is 15.4 Å². The van der Waals surface area contributed by atoms with E-state index in [9.17, 15) is 4.79 Å². The Morgan fingerprint density at radius 3 is 3.00 bits per heavy atom. The second-order valence-electron chi connectivity index (χ2n) is 4.77. The zero-order valence-electron chi connectivity index (χ0n) is 11.2. The van der Waals surface area contributed by atoms with E-state index < -0.39 is 5.97 Å². The molecule has 0 fully saturated rings. The average molecular weight is 294 g/mol. The van der Waals surface area contributed by atoms with Gasteiger partial charge in [-0.05, 0) is 24.3 Å². The van der Waals surface area contributed by atoms with Gasteiger partial charge in [-0.15, -0.1) is 0 Å². The minimum Gasteiger partial charge on any atom is -0.477 e. The normalized spacial score (nSPS) is 11.1. The van der Waals surface area contributed by atoms with E-state index in [1.54, 1.807) is 6.20 Å². The van der Waals surface area contributed by atoms with Gasteiger partial charge in [-0.1, -0.05) is 0 Å². The number of carbonyl (C=O) groups is 1. The van der Waals surface area contributed by atoms with Gasteiger partial charge in [-0.25, -0.2) is 14.8 Å². The summed E-state index contributed by atoms with van der Waals surface area (Å²) in [6, 6.07) is 7.23. The van der Waals surface area contributed by atoms with Crippen LogP contribution >= 0.6 is 0 Å². The Hall–Kier alpha value is -3.42. The third-order valence-electron chi connectivity index (χ3n) is 3.36. The van der Waals surface area contributed by atoms with E-state index in [0.29, 0.717) is 16.9 Å².